The van der Waals surface area contributed by atoms with Crippen LogP contribution in [-0.4, -0.2) is 4.98 Å². The zero-order chi connectivity index (χ0) is 12.3. The summed E-state index contributed by atoms with van der Waals surface area (Å²) in [5, 5.41) is 1.40. The minimum atomic E-state index is -0.407. The molecule has 1 aromatic heterocycles. The van der Waals surface area contributed by atoms with Crippen LogP contribution in [0.2, 0.25) is 0 Å². The van der Waals surface area contributed by atoms with Crippen LogP contribution in [0, 0.1) is 11.6 Å². The number of hydrogen-bond acceptors (Lipinski definition) is 3. The third kappa shape index (κ3) is 2.98. The Labute approximate surface area is 97.5 Å². The summed E-state index contributed by atoms with van der Waals surface area (Å²) in [6, 6.07) is 7.11. The fraction of sp³-hybridized carbons (Fsp3) is 0.0833. The number of aromatic nitrogens is 1. The number of halogens is 2. The standard InChI is InChI=1S/C12H11F2N3/c13-10-1-3-12(4-2-10)17(15)8-9-5-11(14)7-16-6-9/h1-7H,8,15H2. The third-order valence-corrected chi connectivity index (χ3v) is 2.27. The maximum Gasteiger partial charge on any atom is 0.141 e. The predicted molar refractivity (Wildman–Crippen MR) is 61.0 cm³/mol. The van der Waals surface area contributed by atoms with E-state index in [0.717, 1.165) is 6.20 Å². The van der Waals surface area contributed by atoms with E-state index in [1.807, 2.05) is 0 Å². The number of rotatable bonds is 3. The predicted octanol–water partition coefficient (Wildman–Crippen LogP) is 2.24. The van der Waals surface area contributed by atoms with Gasteiger partial charge in [0.2, 0.25) is 0 Å². The maximum absolute atomic E-state index is 12.9. The first-order valence-electron chi connectivity index (χ1n) is 5.02. The Morgan fingerprint density at radius 1 is 1.06 bits per heavy atom. The number of nitrogens with zero attached hydrogens (tertiary/aromatic N) is 2. The molecule has 0 saturated heterocycles. The molecule has 0 aliphatic carbocycles. The van der Waals surface area contributed by atoms with E-state index in [1.165, 1.54) is 29.4 Å². The fourth-order valence-corrected chi connectivity index (χ4v) is 1.46. The van der Waals surface area contributed by atoms with Crippen LogP contribution in [0.25, 0.3) is 0 Å². The van der Waals surface area contributed by atoms with E-state index in [9.17, 15) is 8.78 Å². The van der Waals surface area contributed by atoms with Crippen LogP contribution in [-0.2, 0) is 6.54 Å². The Balaban J connectivity index is 2.11. The lowest BCUT2D eigenvalue weighted by Gasteiger charge is -2.18. The average Bonchev–Trinajstić information content (AvgIpc) is 2.29. The summed E-state index contributed by atoms with van der Waals surface area (Å²) in [6.45, 7) is 0.302. The van der Waals surface area contributed by atoms with Crippen molar-refractivity contribution in [2.75, 3.05) is 5.01 Å². The molecule has 0 spiro atoms. The lowest BCUT2D eigenvalue weighted by atomic mass is 10.2. The highest BCUT2D eigenvalue weighted by Crippen LogP contribution is 2.14. The van der Waals surface area contributed by atoms with Crippen molar-refractivity contribution in [2.24, 2.45) is 5.84 Å². The van der Waals surface area contributed by atoms with Gasteiger partial charge in [-0.1, -0.05) is 0 Å². The molecule has 0 fully saturated rings. The molecule has 0 saturated carbocycles. The molecule has 0 aliphatic heterocycles. The van der Waals surface area contributed by atoms with Crippen molar-refractivity contribution in [3.05, 3.63) is 59.9 Å². The molecule has 2 rings (SSSR count). The molecule has 0 atom stereocenters. The van der Waals surface area contributed by atoms with Crippen molar-refractivity contribution >= 4 is 5.69 Å². The molecule has 1 heterocycles. The van der Waals surface area contributed by atoms with E-state index < -0.39 is 5.82 Å². The van der Waals surface area contributed by atoms with E-state index in [1.54, 1.807) is 12.1 Å². The van der Waals surface area contributed by atoms with Gasteiger partial charge in [-0.15, -0.1) is 0 Å². The van der Waals surface area contributed by atoms with E-state index in [0.29, 0.717) is 17.8 Å². The van der Waals surface area contributed by atoms with Crippen LogP contribution in [0.3, 0.4) is 0 Å². The summed E-state index contributed by atoms with van der Waals surface area (Å²) in [7, 11) is 0. The van der Waals surface area contributed by atoms with Crippen LogP contribution in [0.15, 0.2) is 42.7 Å². The Kier molecular flexibility index (Phi) is 3.30. The largest absolute Gasteiger partial charge is 0.307 e. The average molecular weight is 235 g/mol. The van der Waals surface area contributed by atoms with Crippen molar-refractivity contribution in [3.63, 3.8) is 0 Å². The molecular weight excluding hydrogens is 224 g/mol. The van der Waals surface area contributed by atoms with Crippen molar-refractivity contribution < 1.29 is 8.78 Å². The number of hydrogen-bond donors (Lipinski definition) is 1. The number of hydrazine groups is 1. The SMILES string of the molecule is NN(Cc1cncc(F)c1)c1ccc(F)cc1. The first-order chi connectivity index (χ1) is 8.15. The van der Waals surface area contributed by atoms with Crippen molar-refractivity contribution in [3.8, 4) is 0 Å². The monoisotopic (exact) mass is 235 g/mol. The molecule has 0 bridgehead atoms. The second-order valence-corrected chi connectivity index (χ2v) is 3.62. The lowest BCUT2D eigenvalue weighted by molar-refractivity contribution is 0.617. The molecule has 0 unspecified atom stereocenters. The van der Waals surface area contributed by atoms with Crippen LogP contribution >= 0.6 is 0 Å². The van der Waals surface area contributed by atoms with Crippen LogP contribution in [0.1, 0.15) is 5.56 Å². The first kappa shape index (κ1) is 11.5. The fourth-order valence-electron chi connectivity index (χ4n) is 1.46. The van der Waals surface area contributed by atoms with Gasteiger partial charge in [0.15, 0.2) is 0 Å². The minimum Gasteiger partial charge on any atom is -0.307 e. The summed E-state index contributed by atoms with van der Waals surface area (Å²) < 4.78 is 25.6. The Hall–Kier alpha value is -2.01. The molecule has 0 aliphatic rings. The lowest BCUT2D eigenvalue weighted by Crippen LogP contribution is -2.30. The van der Waals surface area contributed by atoms with Gasteiger partial charge in [-0.25, -0.2) is 14.6 Å². The first-order valence-corrected chi connectivity index (χ1v) is 5.02. The highest BCUT2D eigenvalue weighted by atomic mass is 19.1. The molecule has 88 valence electrons. The van der Waals surface area contributed by atoms with Crippen molar-refractivity contribution in [1.29, 1.82) is 0 Å². The molecule has 1 aromatic carbocycles. The van der Waals surface area contributed by atoms with Gasteiger partial charge >= 0.3 is 0 Å². The summed E-state index contributed by atoms with van der Waals surface area (Å²) in [6.07, 6.45) is 2.66. The van der Waals surface area contributed by atoms with Crippen LogP contribution < -0.4 is 10.9 Å². The van der Waals surface area contributed by atoms with E-state index in [-0.39, 0.29) is 5.82 Å². The van der Waals surface area contributed by atoms with Crippen LogP contribution in [0.5, 0.6) is 0 Å². The molecule has 17 heavy (non-hydrogen) atoms. The van der Waals surface area contributed by atoms with Gasteiger partial charge in [-0.05, 0) is 35.9 Å². The zero-order valence-corrected chi connectivity index (χ0v) is 8.98. The second kappa shape index (κ2) is 4.88. The summed E-state index contributed by atoms with van der Waals surface area (Å²) in [5.41, 5.74) is 1.30. The zero-order valence-electron chi connectivity index (χ0n) is 8.98. The van der Waals surface area contributed by atoms with Gasteiger partial charge in [0.05, 0.1) is 18.4 Å². The number of anilines is 1. The quantitative estimate of drug-likeness (QED) is 0.655. The maximum atomic E-state index is 12.9. The number of nitrogens with two attached hydrogens (primary N) is 1. The molecule has 2 aromatic rings. The van der Waals surface area contributed by atoms with Crippen molar-refractivity contribution in [2.45, 2.75) is 6.54 Å². The topological polar surface area (TPSA) is 42.1 Å². The molecule has 0 amide bonds. The van der Waals surface area contributed by atoms with Gasteiger partial charge in [0, 0.05) is 6.20 Å². The third-order valence-electron chi connectivity index (χ3n) is 2.27. The normalized spacial score (nSPS) is 10.3. The molecule has 3 nitrogen and oxygen atoms in total. The van der Waals surface area contributed by atoms with E-state index in [4.69, 9.17) is 5.84 Å². The van der Waals surface area contributed by atoms with Crippen molar-refractivity contribution in [1.82, 2.24) is 4.98 Å². The highest BCUT2D eigenvalue weighted by molar-refractivity contribution is 5.45. The Morgan fingerprint density at radius 2 is 1.76 bits per heavy atom. The van der Waals surface area contributed by atoms with Gasteiger partial charge in [-0.2, -0.15) is 0 Å². The summed E-state index contributed by atoms with van der Waals surface area (Å²) >= 11 is 0. The molecule has 5 heteroatoms. The molecular formula is C12H11F2N3. The smallest absolute Gasteiger partial charge is 0.141 e. The van der Waals surface area contributed by atoms with Crippen LogP contribution in [0.4, 0.5) is 14.5 Å². The Bertz CT molecular complexity index is 499. The molecule has 0 radical (unpaired) electrons. The second-order valence-electron chi connectivity index (χ2n) is 3.62. The summed E-state index contributed by atoms with van der Waals surface area (Å²) in [4.78, 5) is 3.73. The van der Waals surface area contributed by atoms with E-state index in [2.05, 4.69) is 4.98 Å². The highest BCUT2D eigenvalue weighted by Gasteiger charge is 2.04. The number of benzene rings is 1. The minimum absolute atomic E-state index is 0.302. The van der Waals surface area contributed by atoms with Gasteiger partial charge in [0.1, 0.15) is 11.6 Å². The Morgan fingerprint density at radius 3 is 2.41 bits per heavy atom. The summed E-state index contributed by atoms with van der Waals surface area (Å²) in [5.74, 6) is 5.06. The van der Waals surface area contributed by atoms with E-state index >= 15 is 0 Å². The molecule has 2 N–H and O–H groups in total. The number of pyridine rings is 1. The van der Waals surface area contributed by atoms with Gasteiger partial charge < -0.3 is 5.01 Å². The van der Waals surface area contributed by atoms with Gasteiger partial charge in [-0.3, -0.25) is 4.98 Å². The van der Waals surface area contributed by atoms with Gasteiger partial charge in [0.25, 0.3) is 0 Å².